The predicted molar refractivity (Wildman–Crippen MR) is 53.5 cm³/mol. The zero-order valence-corrected chi connectivity index (χ0v) is 8.63. The van der Waals surface area contributed by atoms with Gasteiger partial charge < -0.3 is 5.32 Å². The molecule has 0 radical (unpaired) electrons. The average Bonchev–Trinajstić information content (AvgIpc) is 2.57. The number of hydrogen-bond donors (Lipinski definition) is 1. The van der Waals surface area contributed by atoms with Crippen molar-refractivity contribution in [1.29, 1.82) is 0 Å². The summed E-state index contributed by atoms with van der Waals surface area (Å²) in [4.78, 5) is 0. The molecule has 1 aromatic rings. The van der Waals surface area contributed by atoms with E-state index in [1.165, 1.54) is 6.42 Å². The van der Waals surface area contributed by atoms with Crippen LogP contribution in [0.4, 0.5) is 0 Å². The summed E-state index contributed by atoms with van der Waals surface area (Å²) < 4.78 is 1.93. The first-order valence-corrected chi connectivity index (χ1v) is 5.30. The van der Waals surface area contributed by atoms with Crippen LogP contribution < -0.4 is 5.32 Å². The Kier molecular flexibility index (Phi) is 5.03. The third kappa shape index (κ3) is 3.88. The van der Waals surface area contributed by atoms with Crippen LogP contribution in [0.15, 0.2) is 18.5 Å². The third-order valence-corrected chi connectivity index (χ3v) is 2.12. The molecule has 0 unspecified atom stereocenters. The molecule has 1 N–H and O–H groups in total. The minimum Gasteiger partial charge on any atom is -0.315 e. The van der Waals surface area contributed by atoms with E-state index < -0.39 is 0 Å². The van der Waals surface area contributed by atoms with Gasteiger partial charge in [-0.25, -0.2) is 0 Å². The summed E-state index contributed by atoms with van der Waals surface area (Å²) >= 11 is 3.38. The SMILES string of the molecule is BrCCCNCCn1cccn1. The van der Waals surface area contributed by atoms with Crippen molar-refractivity contribution in [3.05, 3.63) is 18.5 Å². The van der Waals surface area contributed by atoms with E-state index in [1.807, 2.05) is 16.9 Å². The Hall–Kier alpha value is -0.350. The highest BCUT2D eigenvalue weighted by Gasteiger charge is 1.89. The number of hydrogen-bond acceptors (Lipinski definition) is 2. The van der Waals surface area contributed by atoms with Gasteiger partial charge in [0, 0.05) is 24.3 Å². The lowest BCUT2D eigenvalue weighted by Gasteiger charge is -2.02. The van der Waals surface area contributed by atoms with E-state index in [0.717, 1.165) is 25.0 Å². The van der Waals surface area contributed by atoms with Crippen molar-refractivity contribution in [3.63, 3.8) is 0 Å². The normalized spacial score (nSPS) is 10.4. The quantitative estimate of drug-likeness (QED) is 0.591. The summed E-state index contributed by atoms with van der Waals surface area (Å²) in [6.45, 7) is 3.02. The van der Waals surface area contributed by atoms with Gasteiger partial charge in [0.2, 0.25) is 0 Å². The second-order valence-electron chi connectivity index (χ2n) is 2.56. The molecule has 0 fully saturated rings. The molecular weight excluding hydrogens is 218 g/mol. The molecule has 1 rings (SSSR count). The average molecular weight is 232 g/mol. The molecule has 1 aromatic heterocycles. The second-order valence-corrected chi connectivity index (χ2v) is 3.35. The Labute approximate surface area is 81.3 Å². The van der Waals surface area contributed by atoms with E-state index >= 15 is 0 Å². The molecule has 1 heterocycles. The Morgan fingerprint density at radius 2 is 2.33 bits per heavy atom. The molecule has 0 saturated carbocycles. The van der Waals surface area contributed by atoms with Crippen molar-refractivity contribution < 1.29 is 0 Å². The first-order valence-electron chi connectivity index (χ1n) is 4.17. The maximum Gasteiger partial charge on any atom is 0.0533 e. The Bertz CT molecular complexity index is 186. The van der Waals surface area contributed by atoms with Gasteiger partial charge in [0.15, 0.2) is 0 Å². The number of aromatic nitrogens is 2. The van der Waals surface area contributed by atoms with Crippen molar-refractivity contribution in [2.75, 3.05) is 18.4 Å². The monoisotopic (exact) mass is 231 g/mol. The maximum absolute atomic E-state index is 4.10. The first kappa shape index (κ1) is 9.74. The molecule has 0 spiro atoms. The Morgan fingerprint density at radius 1 is 1.42 bits per heavy atom. The molecule has 0 bridgehead atoms. The van der Waals surface area contributed by atoms with Crippen LogP contribution in [0.2, 0.25) is 0 Å². The summed E-state index contributed by atoms with van der Waals surface area (Å²) in [5.74, 6) is 0. The van der Waals surface area contributed by atoms with Gasteiger partial charge >= 0.3 is 0 Å². The van der Waals surface area contributed by atoms with Crippen LogP contribution in [0.3, 0.4) is 0 Å². The number of halogens is 1. The molecule has 0 saturated heterocycles. The van der Waals surface area contributed by atoms with Crippen LogP contribution in [-0.4, -0.2) is 28.2 Å². The van der Waals surface area contributed by atoms with Gasteiger partial charge in [-0.15, -0.1) is 0 Å². The van der Waals surface area contributed by atoms with Gasteiger partial charge in [-0.2, -0.15) is 5.10 Å². The van der Waals surface area contributed by atoms with Gasteiger partial charge in [0.25, 0.3) is 0 Å². The Balaban J connectivity index is 1.96. The van der Waals surface area contributed by atoms with Crippen LogP contribution in [0.25, 0.3) is 0 Å². The first-order chi connectivity index (χ1) is 5.93. The lowest BCUT2D eigenvalue weighted by atomic mass is 10.5. The molecule has 4 heteroatoms. The standard InChI is InChI=1S/C8H14BrN3/c9-3-1-4-10-6-8-12-7-2-5-11-12/h2,5,7,10H,1,3-4,6,8H2. The number of alkyl halides is 1. The van der Waals surface area contributed by atoms with E-state index in [0.29, 0.717) is 0 Å². The fraction of sp³-hybridized carbons (Fsp3) is 0.625. The molecule has 0 aliphatic heterocycles. The fourth-order valence-electron chi connectivity index (χ4n) is 0.943. The van der Waals surface area contributed by atoms with E-state index in [9.17, 15) is 0 Å². The largest absolute Gasteiger partial charge is 0.315 e. The van der Waals surface area contributed by atoms with Crippen molar-refractivity contribution in [1.82, 2.24) is 15.1 Å². The summed E-state index contributed by atoms with van der Waals surface area (Å²) in [5, 5.41) is 8.51. The molecule has 68 valence electrons. The minimum absolute atomic E-state index is 0.954. The van der Waals surface area contributed by atoms with Gasteiger partial charge in [-0.3, -0.25) is 4.68 Å². The molecule has 3 nitrogen and oxygen atoms in total. The summed E-state index contributed by atoms with van der Waals surface area (Å²) in [7, 11) is 0. The molecular formula is C8H14BrN3. The van der Waals surface area contributed by atoms with Crippen LogP contribution in [0, 0.1) is 0 Å². The van der Waals surface area contributed by atoms with E-state index in [2.05, 4.69) is 26.3 Å². The van der Waals surface area contributed by atoms with Crippen molar-refractivity contribution in [2.24, 2.45) is 0 Å². The highest BCUT2D eigenvalue weighted by atomic mass is 79.9. The number of rotatable bonds is 6. The predicted octanol–water partition coefficient (Wildman–Crippen LogP) is 1.26. The molecule has 12 heavy (non-hydrogen) atoms. The Morgan fingerprint density at radius 3 is 3.00 bits per heavy atom. The molecule has 0 aliphatic rings. The summed E-state index contributed by atoms with van der Waals surface area (Å²) in [6, 6.07) is 1.94. The zero-order valence-electron chi connectivity index (χ0n) is 7.04. The van der Waals surface area contributed by atoms with Crippen molar-refractivity contribution in [3.8, 4) is 0 Å². The van der Waals surface area contributed by atoms with Crippen LogP contribution in [0.5, 0.6) is 0 Å². The van der Waals surface area contributed by atoms with Crippen LogP contribution >= 0.6 is 15.9 Å². The fourth-order valence-corrected chi connectivity index (χ4v) is 1.22. The highest BCUT2D eigenvalue weighted by Crippen LogP contribution is 1.85. The zero-order chi connectivity index (χ0) is 8.65. The molecule has 0 atom stereocenters. The van der Waals surface area contributed by atoms with Gasteiger partial charge in [-0.1, -0.05) is 15.9 Å². The lowest BCUT2D eigenvalue weighted by molar-refractivity contribution is 0.554. The van der Waals surface area contributed by atoms with Crippen LogP contribution in [0.1, 0.15) is 6.42 Å². The van der Waals surface area contributed by atoms with Crippen molar-refractivity contribution >= 4 is 15.9 Å². The van der Waals surface area contributed by atoms with Gasteiger partial charge in [-0.05, 0) is 19.0 Å². The van der Waals surface area contributed by atoms with E-state index in [4.69, 9.17) is 0 Å². The maximum atomic E-state index is 4.10. The third-order valence-electron chi connectivity index (χ3n) is 1.56. The van der Waals surface area contributed by atoms with E-state index in [1.54, 1.807) is 6.20 Å². The number of nitrogens with one attached hydrogen (secondary N) is 1. The summed E-state index contributed by atoms with van der Waals surface area (Å²) in [6.07, 6.45) is 4.96. The molecule has 0 amide bonds. The molecule has 0 aliphatic carbocycles. The van der Waals surface area contributed by atoms with Crippen LogP contribution in [-0.2, 0) is 6.54 Å². The van der Waals surface area contributed by atoms with Crippen molar-refractivity contribution in [2.45, 2.75) is 13.0 Å². The highest BCUT2D eigenvalue weighted by molar-refractivity contribution is 9.09. The minimum atomic E-state index is 0.954. The summed E-state index contributed by atoms with van der Waals surface area (Å²) in [5.41, 5.74) is 0. The van der Waals surface area contributed by atoms with Gasteiger partial charge in [0.1, 0.15) is 0 Å². The number of nitrogens with zero attached hydrogens (tertiary/aromatic N) is 2. The topological polar surface area (TPSA) is 29.9 Å². The smallest absolute Gasteiger partial charge is 0.0533 e. The second kappa shape index (κ2) is 6.20. The lowest BCUT2D eigenvalue weighted by Crippen LogP contribution is -2.21. The van der Waals surface area contributed by atoms with Gasteiger partial charge in [0.05, 0.1) is 6.54 Å². The molecule has 0 aromatic carbocycles. The van der Waals surface area contributed by atoms with E-state index in [-0.39, 0.29) is 0 Å².